The normalized spacial score (nSPS) is 13.0. The highest BCUT2D eigenvalue weighted by molar-refractivity contribution is 5.84. The third-order valence-electron chi connectivity index (χ3n) is 1.97. The van der Waals surface area contributed by atoms with Crippen molar-refractivity contribution in [1.82, 2.24) is 0 Å². The Morgan fingerprint density at radius 1 is 1.35 bits per heavy atom. The molecule has 1 unspecified atom stereocenters. The van der Waals surface area contributed by atoms with E-state index in [2.05, 4.69) is 10.1 Å². The minimum Gasteiger partial charge on any atom is -0.453 e. The number of methoxy groups -OCH3 is 1. The second kappa shape index (κ2) is 5.05. The number of hydrogen-bond donors (Lipinski definition) is 2. The molecule has 0 radical (unpaired) electrons. The molecule has 94 valence electrons. The number of carbonyl (C=O) groups excluding carboxylic acids is 1. The second-order valence-electron chi connectivity index (χ2n) is 3.18. The summed E-state index contributed by atoms with van der Waals surface area (Å²) in [4.78, 5) is 10.8. The lowest BCUT2D eigenvalue weighted by atomic mass is 10.1. The van der Waals surface area contributed by atoms with Crippen LogP contribution in [-0.2, 0) is 4.74 Å². The SMILES string of the molecule is COC(=O)Nc1ccc(C(O)C(F)(F)F)cc1. The zero-order chi connectivity index (χ0) is 13.1. The number of rotatable bonds is 2. The molecule has 4 nitrogen and oxygen atoms in total. The maximum Gasteiger partial charge on any atom is 0.418 e. The molecule has 17 heavy (non-hydrogen) atoms. The van der Waals surface area contributed by atoms with Crippen molar-refractivity contribution in [2.24, 2.45) is 0 Å². The van der Waals surface area contributed by atoms with E-state index in [0.717, 1.165) is 19.2 Å². The highest BCUT2D eigenvalue weighted by Gasteiger charge is 2.39. The highest BCUT2D eigenvalue weighted by atomic mass is 19.4. The molecule has 0 aliphatic carbocycles. The summed E-state index contributed by atoms with van der Waals surface area (Å²) in [6, 6.07) is 4.62. The first-order valence-corrected chi connectivity index (χ1v) is 4.54. The van der Waals surface area contributed by atoms with E-state index in [1.54, 1.807) is 0 Å². The van der Waals surface area contributed by atoms with E-state index in [1.165, 1.54) is 12.1 Å². The number of aliphatic hydroxyl groups is 1. The quantitative estimate of drug-likeness (QED) is 0.846. The van der Waals surface area contributed by atoms with Crippen LogP contribution in [0.2, 0.25) is 0 Å². The molecule has 0 bridgehead atoms. The van der Waals surface area contributed by atoms with E-state index in [9.17, 15) is 18.0 Å². The van der Waals surface area contributed by atoms with Crippen molar-refractivity contribution in [3.8, 4) is 0 Å². The average Bonchev–Trinajstić information content (AvgIpc) is 2.27. The van der Waals surface area contributed by atoms with Gasteiger partial charge in [0, 0.05) is 5.69 Å². The molecular formula is C10H10F3NO3. The molecule has 0 aliphatic heterocycles. The molecule has 0 saturated heterocycles. The number of anilines is 1. The van der Waals surface area contributed by atoms with Gasteiger partial charge >= 0.3 is 12.3 Å². The van der Waals surface area contributed by atoms with E-state index >= 15 is 0 Å². The first kappa shape index (κ1) is 13.3. The molecule has 1 amide bonds. The Hall–Kier alpha value is -1.76. The van der Waals surface area contributed by atoms with E-state index in [0.29, 0.717) is 0 Å². The largest absolute Gasteiger partial charge is 0.453 e. The molecule has 0 aromatic heterocycles. The number of amides is 1. The van der Waals surface area contributed by atoms with Crippen molar-refractivity contribution in [3.63, 3.8) is 0 Å². The first-order valence-electron chi connectivity index (χ1n) is 4.54. The van der Waals surface area contributed by atoms with Crippen LogP contribution in [0, 0.1) is 0 Å². The summed E-state index contributed by atoms with van der Waals surface area (Å²) in [7, 11) is 1.16. The number of benzene rings is 1. The Morgan fingerprint density at radius 2 is 1.88 bits per heavy atom. The first-order chi connectivity index (χ1) is 7.84. The second-order valence-corrected chi connectivity index (χ2v) is 3.18. The van der Waals surface area contributed by atoms with Gasteiger partial charge in [-0.2, -0.15) is 13.2 Å². The fourth-order valence-corrected chi connectivity index (χ4v) is 1.11. The van der Waals surface area contributed by atoms with Gasteiger partial charge in [0.1, 0.15) is 0 Å². The van der Waals surface area contributed by atoms with Crippen LogP contribution in [0.3, 0.4) is 0 Å². The molecule has 7 heteroatoms. The smallest absolute Gasteiger partial charge is 0.418 e. The number of hydrogen-bond acceptors (Lipinski definition) is 3. The molecule has 0 spiro atoms. The fourth-order valence-electron chi connectivity index (χ4n) is 1.11. The van der Waals surface area contributed by atoms with Crippen LogP contribution in [0.25, 0.3) is 0 Å². The highest BCUT2D eigenvalue weighted by Crippen LogP contribution is 2.32. The Labute approximate surface area is 95.0 Å². The summed E-state index contributed by atoms with van der Waals surface area (Å²) in [6.45, 7) is 0. The summed E-state index contributed by atoms with van der Waals surface area (Å²) >= 11 is 0. The van der Waals surface area contributed by atoms with Gasteiger partial charge in [-0.15, -0.1) is 0 Å². The van der Waals surface area contributed by atoms with Crippen molar-refractivity contribution < 1.29 is 27.8 Å². The lowest BCUT2D eigenvalue weighted by molar-refractivity contribution is -0.206. The molecule has 2 N–H and O–H groups in total. The Balaban J connectivity index is 2.78. The van der Waals surface area contributed by atoms with Gasteiger partial charge in [0.05, 0.1) is 7.11 Å². The summed E-state index contributed by atoms with van der Waals surface area (Å²) in [5, 5.41) is 11.2. The third-order valence-corrected chi connectivity index (χ3v) is 1.97. The van der Waals surface area contributed by atoms with Crippen LogP contribution >= 0.6 is 0 Å². The molecular weight excluding hydrogens is 239 g/mol. The van der Waals surface area contributed by atoms with Crippen molar-refractivity contribution in [2.45, 2.75) is 12.3 Å². The standard InChI is InChI=1S/C10H10F3NO3/c1-17-9(16)14-7-4-2-6(3-5-7)8(15)10(11,12)13/h2-5,8,15H,1H3,(H,14,16). The molecule has 0 aliphatic rings. The van der Waals surface area contributed by atoms with Crippen LogP contribution < -0.4 is 5.32 Å². The minimum atomic E-state index is -4.71. The van der Waals surface area contributed by atoms with Crippen LogP contribution in [0.5, 0.6) is 0 Å². The molecule has 1 aromatic rings. The lowest BCUT2D eigenvalue weighted by Crippen LogP contribution is -2.20. The molecule has 1 rings (SSSR count). The summed E-state index contributed by atoms with van der Waals surface area (Å²) in [5.41, 5.74) is -0.0251. The van der Waals surface area contributed by atoms with Gasteiger partial charge in [-0.1, -0.05) is 12.1 Å². The maximum atomic E-state index is 12.2. The molecule has 1 atom stereocenters. The zero-order valence-corrected chi connectivity index (χ0v) is 8.78. The monoisotopic (exact) mass is 249 g/mol. The van der Waals surface area contributed by atoms with Gasteiger partial charge in [-0.3, -0.25) is 5.32 Å². The minimum absolute atomic E-state index is 0.273. The van der Waals surface area contributed by atoms with Crippen molar-refractivity contribution in [1.29, 1.82) is 0 Å². The molecule has 1 aromatic carbocycles. The summed E-state index contributed by atoms with van der Waals surface area (Å²) in [6.07, 6.45) is -7.97. The number of nitrogens with one attached hydrogen (secondary N) is 1. The third kappa shape index (κ3) is 3.63. The van der Waals surface area contributed by atoms with Crippen LogP contribution in [0.1, 0.15) is 11.7 Å². The fraction of sp³-hybridized carbons (Fsp3) is 0.300. The Morgan fingerprint density at radius 3 is 2.29 bits per heavy atom. The number of ether oxygens (including phenoxy) is 1. The molecule has 0 fully saturated rings. The van der Waals surface area contributed by atoms with Crippen molar-refractivity contribution in [3.05, 3.63) is 29.8 Å². The molecule has 0 saturated carbocycles. The average molecular weight is 249 g/mol. The topological polar surface area (TPSA) is 58.6 Å². The zero-order valence-electron chi connectivity index (χ0n) is 8.78. The van der Waals surface area contributed by atoms with Crippen molar-refractivity contribution >= 4 is 11.8 Å². The van der Waals surface area contributed by atoms with Gasteiger partial charge in [-0.25, -0.2) is 4.79 Å². The van der Waals surface area contributed by atoms with Gasteiger partial charge in [0.2, 0.25) is 0 Å². The van der Waals surface area contributed by atoms with E-state index in [-0.39, 0.29) is 11.3 Å². The predicted octanol–water partition coefficient (Wildman–Crippen LogP) is 2.46. The summed E-state index contributed by atoms with van der Waals surface area (Å²) in [5.74, 6) is 0. The Kier molecular flexibility index (Phi) is 3.95. The van der Waals surface area contributed by atoms with E-state index < -0.39 is 18.4 Å². The number of aliphatic hydroxyl groups excluding tert-OH is 1. The number of carbonyl (C=O) groups is 1. The van der Waals surface area contributed by atoms with E-state index in [4.69, 9.17) is 5.11 Å². The lowest BCUT2D eigenvalue weighted by Gasteiger charge is -2.15. The van der Waals surface area contributed by atoms with E-state index in [1.807, 2.05) is 0 Å². The van der Waals surface area contributed by atoms with Gasteiger partial charge in [0.25, 0.3) is 0 Å². The van der Waals surface area contributed by atoms with Gasteiger partial charge in [-0.05, 0) is 17.7 Å². The van der Waals surface area contributed by atoms with Crippen LogP contribution in [0.4, 0.5) is 23.7 Å². The van der Waals surface area contributed by atoms with Crippen LogP contribution in [0.15, 0.2) is 24.3 Å². The number of alkyl halides is 3. The maximum absolute atomic E-state index is 12.2. The summed E-state index contributed by atoms with van der Waals surface area (Å²) < 4.78 is 40.8. The van der Waals surface area contributed by atoms with Gasteiger partial charge in [0.15, 0.2) is 6.10 Å². The van der Waals surface area contributed by atoms with Crippen molar-refractivity contribution in [2.75, 3.05) is 12.4 Å². The van der Waals surface area contributed by atoms with Crippen LogP contribution in [-0.4, -0.2) is 24.5 Å². The molecule has 0 heterocycles. The van der Waals surface area contributed by atoms with Gasteiger partial charge < -0.3 is 9.84 Å². The number of halogens is 3. The Bertz CT molecular complexity index is 389. The predicted molar refractivity (Wildman–Crippen MR) is 53.5 cm³/mol.